The second kappa shape index (κ2) is 6.88. The fourth-order valence-electron chi connectivity index (χ4n) is 2.16. The summed E-state index contributed by atoms with van der Waals surface area (Å²) in [7, 11) is 0. The molecular weight excluding hydrogens is 353 g/mol. The first-order chi connectivity index (χ1) is 9.91. The van der Waals surface area contributed by atoms with E-state index in [0.29, 0.717) is 11.4 Å². The fourth-order valence-corrected chi connectivity index (χ4v) is 3.44. The highest BCUT2D eigenvalue weighted by Crippen LogP contribution is 2.27. The van der Waals surface area contributed by atoms with Crippen LogP contribution in [0.5, 0.6) is 0 Å². The molecule has 0 radical (unpaired) electrons. The molecule has 0 aliphatic heterocycles. The van der Waals surface area contributed by atoms with E-state index >= 15 is 0 Å². The maximum Gasteiger partial charge on any atom is 0.261 e. The molecule has 2 aromatic rings. The van der Waals surface area contributed by atoms with Crippen molar-refractivity contribution in [2.75, 3.05) is 11.9 Å². The molecule has 5 heteroatoms. The molecule has 1 N–H and O–H groups in total. The van der Waals surface area contributed by atoms with Crippen LogP contribution in [0.1, 0.15) is 36.4 Å². The highest BCUT2D eigenvalue weighted by Gasteiger charge is 2.19. The second-order valence-electron chi connectivity index (χ2n) is 5.93. The highest BCUT2D eigenvalue weighted by molar-refractivity contribution is 9.09. The molecule has 1 aromatic heterocycles. The standard InChI is InChI=1S/C16H19BrFNOS/c1-16(2,6-3-7-17)10-19-15(20)14-8-11-4-5-12(18)9-13(11)21-14/h4-5,8-9H,3,6-7,10H2,1-2H3,(H,19,20). The lowest BCUT2D eigenvalue weighted by molar-refractivity contribution is 0.0938. The van der Waals surface area contributed by atoms with Gasteiger partial charge >= 0.3 is 0 Å². The SMILES string of the molecule is CC(C)(CCCBr)CNC(=O)c1cc2ccc(F)cc2s1. The van der Waals surface area contributed by atoms with E-state index in [1.54, 1.807) is 6.07 Å². The predicted octanol–water partition coefficient (Wildman–Crippen LogP) is 4.97. The van der Waals surface area contributed by atoms with Crippen LogP contribution in [0.2, 0.25) is 0 Å². The third-order valence-corrected chi connectivity index (χ3v) is 5.08. The molecule has 0 fully saturated rings. The summed E-state index contributed by atoms with van der Waals surface area (Å²) in [6.07, 6.45) is 2.14. The van der Waals surface area contributed by atoms with E-state index in [2.05, 4.69) is 35.1 Å². The van der Waals surface area contributed by atoms with E-state index < -0.39 is 0 Å². The molecule has 21 heavy (non-hydrogen) atoms. The summed E-state index contributed by atoms with van der Waals surface area (Å²) in [5.74, 6) is -0.351. The van der Waals surface area contributed by atoms with Crippen LogP contribution in [0.3, 0.4) is 0 Å². The maximum atomic E-state index is 13.2. The monoisotopic (exact) mass is 371 g/mol. The van der Waals surface area contributed by atoms with Crippen LogP contribution in [0.4, 0.5) is 4.39 Å². The molecule has 0 saturated heterocycles. The van der Waals surface area contributed by atoms with Gasteiger partial charge in [0.2, 0.25) is 0 Å². The smallest absolute Gasteiger partial charge is 0.261 e. The molecule has 0 atom stereocenters. The van der Waals surface area contributed by atoms with Crippen molar-refractivity contribution in [3.63, 3.8) is 0 Å². The average Bonchev–Trinajstić information content (AvgIpc) is 2.85. The summed E-state index contributed by atoms with van der Waals surface area (Å²) >= 11 is 4.76. The van der Waals surface area contributed by atoms with Crippen LogP contribution >= 0.6 is 27.3 Å². The molecule has 1 aromatic carbocycles. The van der Waals surface area contributed by atoms with E-state index in [9.17, 15) is 9.18 Å². The minimum Gasteiger partial charge on any atom is -0.351 e. The predicted molar refractivity (Wildman–Crippen MR) is 90.9 cm³/mol. The number of nitrogens with one attached hydrogen (secondary N) is 1. The largest absolute Gasteiger partial charge is 0.351 e. The van der Waals surface area contributed by atoms with Gasteiger partial charge in [0.05, 0.1) is 4.88 Å². The molecule has 0 saturated carbocycles. The minimum atomic E-state index is -0.271. The zero-order valence-electron chi connectivity index (χ0n) is 12.2. The van der Waals surface area contributed by atoms with Crippen LogP contribution < -0.4 is 5.32 Å². The first kappa shape index (κ1) is 16.4. The maximum absolute atomic E-state index is 13.2. The summed E-state index contributed by atoms with van der Waals surface area (Å²) in [4.78, 5) is 12.8. The van der Waals surface area contributed by atoms with Gasteiger partial charge in [0.25, 0.3) is 5.91 Å². The van der Waals surface area contributed by atoms with Gasteiger partial charge in [-0.3, -0.25) is 4.79 Å². The topological polar surface area (TPSA) is 29.1 Å². The first-order valence-corrected chi connectivity index (χ1v) is 8.88. The van der Waals surface area contributed by atoms with Crippen LogP contribution in [-0.2, 0) is 0 Å². The van der Waals surface area contributed by atoms with E-state index in [1.807, 2.05) is 6.07 Å². The molecule has 2 rings (SSSR count). The minimum absolute atomic E-state index is 0.0756. The number of rotatable bonds is 6. The number of carbonyl (C=O) groups is 1. The summed E-state index contributed by atoms with van der Waals surface area (Å²) in [6.45, 7) is 4.94. The number of hydrogen-bond acceptors (Lipinski definition) is 2. The normalized spacial score (nSPS) is 11.8. The van der Waals surface area contributed by atoms with Crippen molar-refractivity contribution < 1.29 is 9.18 Å². The number of fused-ring (bicyclic) bond motifs is 1. The molecule has 0 spiro atoms. The van der Waals surface area contributed by atoms with Crippen LogP contribution in [0.15, 0.2) is 24.3 Å². The summed E-state index contributed by atoms with van der Waals surface area (Å²) in [5, 5.41) is 4.87. The molecule has 0 bridgehead atoms. The fraction of sp³-hybridized carbons (Fsp3) is 0.438. The number of thiophene rings is 1. The molecule has 1 amide bonds. The quantitative estimate of drug-likeness (QED) is 0.713. The molecule has 0 unspecified atom stereocenters. The number of alkyl halides is 1. The third kappa shape index (κ3) is 4.51. The van der Waals surface area contributed by atoms with Crippen molar-refractivity contribution in [1.29, 1.82) is 0 Å². The van der Waals surface area contributed by atoms with Gasteiger partial charge in [-0.2, -0.15) is 0 Å². The third-order valence-electron chi connectivity index (χ3n) is 3.42. The van der Waals surface area contributed by atoms with E-state index in [-0.39, 0.29) is 17.1 Å². The molecule has 0 aliphatic carbocycles. The van der Waals surface area contributed by atoms with Gasteiger partial charge < -0.3 is 5.32 Å². The number of halogens is 2. The van der Waals surface area contributed by atoms with Gasteiger partial charge in [0, 0.05) is 16.6 Å². The summed E-state index contributed by atoms with van der Waals surface area (Å²) in [5.41, 5.74) is 0.0756. The number of carbonyl (C=O) groups excluding carboxylic acids is 1. The van der Waals surface area contributed by atoms with Crippen LogP contribution in [0, 0.1) is 11.2 Å². The van der Waals surface area contributed by atoms with Crippen molar-refractivity contribution in [2.24, 2.45) is 5.41 Å². The summed E-state index contributed by atoms with van der Waals surface area (Å²) in [6, 6.07) is 6.41. The zero-order chi connectivity index (χ0) is 15.5. The Kier molecular flexibility index (Phi) is 5.38. The van der Waals surface area contributed by atoms with E-state index in [1.165, 1.54) is 23.5 Å². The van der Waals surface area contributed by atoms with Gasteiger partial charge in [-0.25, -0.2) is 4.39 Å². The van der Waals surface area contributed by atoms with Crippen molar-refractivity contribution in [3.8, 4) is 0 Å². The van der Waals surface area contributed by atoms with Crippen LogP contribution in [0.25, 0.3) is 10.1 Å². The van der Waals surface area contributed by atoms with Crippen molar-refractivity contribution >= 4 is 43.3 Å². The Hall–Kier alpha value is -0.940. The van der Waals surface area contributed by atoms with Gasteiger partial charge in [0.1, 0.15) is 5.82 Å². The molecule has 0 aliphatic rings. The molecule has 1 heterocycles. The Labute approximate surface area is 136 Å². The molecule has 114 valence electrons. The number of hydrogen-bond donors (Lipinski definition) is 1. The first-order valence-electron chi connectivity index (χ1n) is 6.94. The molecule has 2 nitrogen and oxygen atoms in total. The van der Waals surface area contributed by atoms with E-state index in [4.69, 9.17) is 0 Å². The van der Waals surface area contributed by atoms with Crippen LogP contribution in [-0.4, -0.2) is 17.8 Å². The van der Waals surface area contributed by atoms with Gasteiger partial charge in [0.15, 0.2) is 0 Å². The number of amides is 1. The van der Waals surface area contributed by atoms with E-state index in [0.717, 1.165) is 28.3 Å². The van der Waals surface area contributed by atoms with Gasteiger partial charge in [-0.15, -0.1) is 11.3 Å². The van der Waals surface area contributed by atoms with Crippen molar-refractivity contribution in [3.05, 3.63) is 35.0 Å². The lowest BCUT2D eigenvalue weighted by Crippen LogP contribution is -2.33. The Balaban J connectivity index is 2.02. The van der Waals surface area contributed by atoms with Gasteiger partial charge in [-0.05, 0) is 41.8 Å². The Bertz CT molecular complexity index is 638. The zero-order valence-corrected chi connectivity index (χ0v) is 14.6. The van der Waals surface area contributed by atoms with Crippen molar-refractivity contribution in [1.82, 2.24) is 5.32 Å². The number of benzene rings is 1. The highest BCUT2D eigenvalue weighted by atomic mass is 79.9. The lowest BCUT2D eigenvalue weighted by Gasteiger charge is -2.24. The second-order valence-corrected chi connectivity index (χ2v) is 7.81. The molecular formula is C16H19BrFNOS. The van der Waals surface area contributed by atoms with Gasteiger partial charge in [-0.1, -0.05) is 35.8 Å². The summed E-state index contributed by atoms with van der Waals surface area (Å²) < 4.78 is 14.0. The average molecular weight is 372 g/mol. The Morgan fingerprint density at radius 3 is 2.86 bits per heavy atom. The van der Waals surface area contributed by atoms with Crippen molar-refractivity contribution in [2.45, 2.75) is 26.7 Å². The Morgan fingerprint density at radius 2 is 2.14 bits per heavy atom. The Morgan fingerprint density at radius 1 is 1.38 bits per heavy atom. The lowest BCUT2D eigenvalue weighted by atomic mass is 9.88.